The summed E-state index contributed by atoms with van der Waals surface area (Å²) in [5.74, 6) is 0.952. The Morgan fingerprint density at radius 1 is 1.32 bits per heavy atom. The van der Waals surface area contributed by atoms with E-state index in [1.807, 2.05) is 22.6 Å². The molecule has 0 atom stereocenters. The molecule has 1 fully saturated rings. The molecule has 0 aromatic carbocycles. The van der Waals surface area contributed by atoms with E-state index in [0.29, 0.717) is 35.4 Å². The Morgan fingerprint density at radius 3 is 2.79 bits per heavy atom. The highest BCUT2D eigenvalue weighted by atomic mass is 127. The lowest BCUT2D eigenvalue weighted by atomic mass is 10.1. The average Bonchev–Trinajstić information content (AvgIpc) is 2.40. The molecule has 0 aliphatic carbocycles. The second kappa shape index (κ2) is 9.57. The molecule has 0 radical (unpaired) electrons. The molecule has 2 amide bonds. The van der Waals surface area contributed by atoms with Crippen molar-refractivity contribution in [2.45, 2.75) is 19.3 Å². The summed E-state index contributed by atoms with van der Waals surface area (Å²) in [7, 11) is 0. The smallest absolute Gasteiger partial charge is 0.230 e. The van der Waals surface area contributed by atoms with Crippen LogP contribution in [0.4, 0.5) is 0 Å². The summed E-state index contributed by atoms with van der Waals surface area (Å²) in [6, 6.07) is 0. The van der Waals surface area contributed by atoms with Gasteiger partial charge in [-0.2, -0.15) is 0 Å². The molecule has 0 aromatic rings. The molecule has 1 N–H and O–H groups in total. The first-order valence-corrected chi connectivity index (χ1v) is 9.01. The number of hydrogen-bond acceptors (Lipinski definition) is 4. The van der Waals surface area contributed by atoms with Gasteiger partial charge >= 0.3 is 0 Å². The molecule has 1 rings (SSSR count). The minimum absolute atomic E-state index is 0.0734. The maximum absolute atomic E-state index is 11.5. The van der Waals surface area contributed by atoms with Crippen molar-refractivity contribution in [3.8, 4) is 0 Å². The fourth-order valence-electron chi connectivity index (χ4n) is 1.78. The number of rotatable bonds is 8. The van der Waals surface area contributed by atoms with Crippen LogP contribution in [-0.2, 0) is 14.4 Å². The fraction of sp³-hybridized carbons (Fsp3) is 0.750. The summed E-state index contributed by atoms with van der Waals surface area (Å²) in [6.07, 6.45) is 2.65. The summed E-state index contributed by atoms with van der Waals surface area (Å²) in [6.45, 7) is 1.88. The standard InChI is InChI=1S/C12H19IN2O3S/c13-7-10(16)8-19-9-11(17)14-4-6-15-5-2-1-3-12(15)18/h1-9H2,(H,14,17). The van der Waals surface area contributed by atoms with Gasteiger partial charge in [0, 0.05) is 26.1 Å². The van der Waals surface area contributed by atoms with Crippen molar-refractivity contribution in [3.63, 3.8) is 0 Å². The van der Waals surface area contributed by atoms with E-state index in [9.17, 15) is 14.4 Å². The number of thioether (sulfide) groups is 1. The largest absolute Gasteiger partial charge is 0.354 e. The minimum Gasteiger partial charge on any atom is -0.354 e. The first-order valence-electron chi connectivity index (χ1n) is 6.33. The van der Waals surface area contributed by atoms with Crippen LogP contribution in [0.5, 0.6) is 0 Å². The molecule has 7 heteroatoms. The first kappa shape index (κ1) is 16.7. The Labute approximate surface area is 131 Å². The quantitative estimate of drug-likeness (QED) is 0.487. The Balaban J connectivity index is 2.06. The highest BCUT2D eigenvalue weighted by Crippen LogP contribution is 2.09. The van der Waals surface area contributed by atoms with E-state index in [-0.39, 0.29) is 17.6 Å². The number of nitrogens with zero attached hydrogens (tertiary/aromatic N) is 1. The molecule has 1 aliphatic heterocycles. The predicted molar refractivity (Wildman–Crippen MR) is 84.7 cm³/mol. The van der Waals surface area contributed by atoms with Crippen LogP contribution in [0.3, 0.4) is 0 Å². The van der Waals surface area contributed by atoms with Crippen molar-refractivity contribution >= 4 is 52.0 Å². The Bertz CT molecular complexity index is 339. The van der Waals surface area contributed by atoms with Crippen LogP contribution in [0.25, 0.3) is 0 Å². The molecule has 1 heterocycles. The zero-order valence-electron chi connectivity index (χ0n) is 10.8. The second-order valence-electron chi connectivity index (χ2n) is 4.35. The lowest BCUT2D eigenvalue weighted by Crippen LogP contribution is -2.41. The van der Waals surface area contributed by atoms with Crippen LogP contribution < -0.4 is 5.32 Å². The van der Waals surface area contributed by atoms with Crippen LogP contribution in [0.2, 0.25) is 0 Å². The monoisotopic (exact) mass is 398 g/mol. The summed E-state index contributed by atoms with van der Waals surface area (Å²) in [4.78, 5) is 35.9. The van der Waals surface area contributed by atoms with E-state index in [1.165, 1.54) is 11.8 Å². The number of nitrogens with one attached hydrogen (secondary N) is 1. The number of alkyl halides is 1. The van der Waals surface area contributed by atoms with Gasteiger partial charge in [-0.25, -0.2) is 0 Å². The summed E-state index contributed by atoms with van der Waals surface area (Å²) < 4.78 is 0.490. The van der Waals surface area contributed by atoms with Crippen LogP contribution in [-0.4, -0.2) is 58.1 Å². The molecule has 1 aliphatic rings. The number of likely N-dealkylation sites (tertiary alicyclic amines) is 1. The first-order chi connectivity index (χ1) is 9.13. The fourth-order valence-corrected chi connectivity index (χ4v) is 3.13. The third-order valence-electron chi connectivity index (χ3n) is 2.77. The summed E-state index contributed by atoms with van der Waals surface area (Å²) in [5, 5.41) is 2.78. The van der Waals surface area contributed by atoms with E-state index in [2.05, 4.69) is 5.32 Å². The van der Waals surface area contributed by atoms with Gasteiger partial charge in [0.05, 0.1) is 15.9 Å². The zero-order valence-corrected chi connectivity index (χ0v) is 13.8. The molecule has 0 unspecified atom stereocenters. The molecule has 0 aromatic heterocycles. The topological polar surface area (TPSA) is 66.5 Å². The van der Waals surface area contributed by atoms with Gasteiger partial charge in [0.15, 0.2) is 5.78 Å². The number of amides is 2. The molecule has 5 nitrogen and oxygen atoms in total. The Morgan fingerprint density at radius 2 is 2.11 bits per heavy atom. The van der Waals surface area contributed by atoms with Crippen LogP contribution >= 0.6 is 34.4 Å². The van der Waals surface area contributed by atoms with Gasteiger partial charge in [0.1, 0.15) is 0 Å². The van der Waals surface area contributed by atoms with Crippen molar-refractivity contribution in [1.29, 1.82) is 0 Å². The van der Waals surface area contributed by atoms with Gasteiger partial charge in [0.2, 0.25) is 11.8 Å². The van der Waals surface area contributed by atoms with E-state index >= 15 is 0 Å². The Hall–Kier alpha value is -0.310. The lowest BCUT2D eigenvalue weighted by Gasteiger charge is -2.26. The molecule has 19 heavy (non-hydrogen) atoms. The molecule has 0 spiro atoms. The van der Waals surface area contributed by atoms with Gasteiger partial charge in [-0.1, -0.05) is 22.6 Å². The number of hydrogen-bond donors (Lipinski definition) is 1. The minimum atomic E-state index is -0.0734. The molecule has 108 valence electrons. The number of carbonyl (C=O) groups excluding carboxylic acids is 3. The highest BCUT2D eigenvalue weighted by molar-refractivity contribution is 14.1. The zero-order chi connectivity index (χ0) is 14.1. The van der Waals surface area contributed by atoms with Gasteiger partial charge in [-0.05, 0) is 12.8 Å². The Kier molecular flexibility index (Phi) is 8.43. The molecule has 0 bridgehead atoms. The van der Waals surface area contributed by atoms with Crippen molar-refractivity contribution in [3.05, 3.63) is 0 Å². The summed E-state index contributed by atoms with van der Waals surface area (Å²) in [5.41, 5.74) is 0. The van der Waals surface area contributed by atoms with Crippen molar-refractivity contribution < 1.29 is 14.4 Å². The van der Waals surface area contributed by atoms with E-state index in [0.717, 1.165) is 19.4 Å². The third-order valence-corrected chi connectivity index (χ3v) is 4.61. The van der Waals surface area contributed by atoms with Crippen LogP contribution in [0, 0.1) is 0 Å². The van der Waals surface area contributed by atoms with Crippen molar-refractivity contribution in [2.75, 3.05) is 35.6 Å². The molecule has 1 saturated heterocycles. The third kappa shape index (κ3) is 7.14. The number of piperidine rings is 1. The molecule has 0 saturated carbocycles. The number of ketones is 1. The molecular weight excluding hydrogens is 379 g/mol. The number of carbonyl (C=O) groups is 3. The van der Waals surface area contributed by atoms with Crippen LogP contribution in [0.15, 0.2) is 0 Å². The summed E-state index contributed by atoms with van der Waals surface area (Å²) >= 11 is 3.35. The molecular formula is C12H19IN2O3S. The van der Waals surface area contributed by atoms with E-state index < -0.39 is 0 Å². The van der Waals surface area contributed by atoms with E-state index in [4.69, 9.17) is 0 Å². The average molecular weight is 398 g/mol. The lowest BCUT2D eigenvalue weighted by molar-refractivity contribution is -0.133. The maximum atomic E-state index is 11.5. The van der Waals surface area contributed by atoms with Gasteiger partial charge in [0.25, 0.3) is 0 Å². The predicted octanol–water partition coefficient (Wildman–Crippen LogP) is 0.852. The highest BCUT2D eigenvalue weighted by Gasteiger charge is 2.17. The van der Waals surface area contributed by atoms with Gasteiger partial charge in [-0.3, -0.25) is 14.4 Å². The number of Topliss-reactive ketones (excluding diaryl/α,β-unsaturated/α-hetero) is 1. The maximum Gasteiger partial charge on any atom is 0.230 e. The van der Waals surface area contributed by atoms with Gasteiger partial charge in [-0.15, -0.1) is 11.8 Å². The normalized spacial score (nSPS) is 15.4. The number of halogens is 1. The van der Waals surface area contributed by atoms with Gasteiger partial charge < -0.3 is 10.2 Å². The second-order valence-corrected chi connectivity index (χ2v) is 6.10. The van der Waals surface area contributed by atoms with Crippen molar-refractivity contribution in [1.82, 2.24) is 10.2 Å². The van der Waals surface area contributed by atoms with E-state index in [1.54, 1.807) is 4.90 Å². The van der Waals surface area contributed by atoms with Crippen LogP contribution in [0.1, 0.15) is 19.3 Å². The van der Waals surface area contributed by atoms with Crippen molar-refractivity contribution in [2.24, 2.45) is 0 Å². The SMILES string of the molecule is O=C(CI)CSCC(=O)NCCN1CCCCC1=O.